The molecule has 4 nitrogen and oxygen atoms in total. The van der Waals surface area contributed by atoms with Crippen LogP contribution in [0.3, 0.4) is 0 Å². The summed E-state index contributed by atoms with van der Waals surface area (Å²) in [5, 5.41) is 4.08. The van der Waals surface area contributed by atoms with Crippen LogP contribution in [-0.2, 0) is 0 Å². The van der Waals surface area contributed by atoms with Crippen LogP contribution < -0.4 is 5.73 Å². The molecule has 0 bridgehead atoms. The van der Waals surface area contributed by atoms with Gasteiger partial charge in [0.15, 0.2) is 0 Å². The van der Waals surface area contributed by atoms with Crippen LogP contribution in [0.1, 0.15) is 20.3 Å². The van der Waals surface area contributed by atoms with Crippen LogP contribution in [0.15, 0.2) is 18.7 Å². The highest BCUT2D eigenvalue weighted by Gasteiger charge is 2.32. The van der Waals surface area contributed by atoms with Crippen molar-refractivity contribution in [2.75, 3.05) is 0 Å². The van der Waals surface area contributed by atoms with E-state index in [0.717, 1.165) is 12.1 Å². The lowest BCUT2D eigenvalue weighted by Crippen LogP contribution is -2.31. The highest BCUT2D eigenvalue weighted by molar-refractivity contribution is 5.50. The summed E-state index contributed by atoms with van der Waals surface area (Å²) in [6, 6.07) is 0.117. The Labute approximate surface area is 77.5 Å². The van der Waals surface area contributed by atoms with Gasteiger partial charge in [0.25, 0.3) is 0 Å². The molecule has 4 heteroatoms. The summed E-state index contributed by atoms with van der Waals surface area (Å²) in [5.41, 5.74) is 7.26. The van der Waals surface area contributed by atoms with Crippen molar-refractivity contribution >= 4 is 5.70 Å². The third-order valence-electron chi connectivity index (χ3n) is 2.62. The van der Waals surface area contributed by atoms with Crippen LogP contribution in [0, 0.1) is 5.41 Å². The van der Waals surface area contributed by atoms with Crippen LogP contribution in [-0.4, -0.2) is 20.8 Å². The van der Waals surface area contributed by atoms with Crippen LogP contribution >= 0.6 is 0 Å². The maximum atomic E-state index is 5.97. The number of nitrogens with zero attached hydrogens (tertiary/aromatic N) is 3. The molecule has 1 aliphatic carbocycles. The van der Waals surface area contributed by atoms with Gasteiger partial charge in [-0.3, -0.25) is 0 Å². The zero-order valence-electron chi connectivity index (χ0n) is 7.94. The van der Waals surface area contributed by atoms with Crippen LogP contribution in [0.25, 0.3) is 5.70 Å². The number of aromatic nitrogens is 3. The Morgan fingerprint density at radius 2 is 2.38 bits per heavy atom. The van der Waals surface area contributed by atoms with Crippen LogP contribution in [0.2, 0.25) is 0 Å². The summed E-state index contributed by atoms with van der Waals surface area (Å²) in [6.45, 7) is 4.33. The number of hydrogen-bond donors (Lipinski definition) is 1. The molecule has 0 aliphatic heterocycles. The van der Waals surface area contributed by atoms with Gasteiger partial charge < -0.3 is 5.73 Å². The molecule has 1 aromatic heterocycles. The molecule has 2 N–H and O–H groups in total. The average Bonchev–Trinajstić information content (AvgIpc) is 2.60. The topological polar surface area (TPSA) is 56.7 Å². The summed E-state index contributed by atoms with van der Waals surface area (Å²) in [7, 11) is 0. The number of rotatable bonds is 1. The Hall–Kier alpha value is -1.16. The molecule has 1 aliphatic rings. The first-order chi connectivity index (χ1) is 6.09. The maximum Gasteiger partial charge on any atom is 0.138 e. The quantitative estimate of drug-likeness (QED) is 0.694. The third-order valence-corrected chi connectivity index (χ3v) is 2.62. The van der Waals surface area contributed by atoms with Crippen molar-refractivity contribution < 1.29 is 0 Å². The van der Waals surface area contributed by atoms with Crippen molar-refractivity contribution in [1.29, 1.82) is 0 Å². The van der Waals surface area contributed by atoms with Gasteiger partial charge in [-0.05, 0) is 17.9 Å². The Morgan fingerprint density at radius 1 is 1.62 bits per heavy atom. The molecule has 1 aromatic rings. The van der Waals surface area contributed by atoms with Crippen LogP contribution in [0.5, 0.6) is 0 Å². The maximum absolute atomic E-state index is 5.97. The SMILES string of the molecule is CC1(C)CC(n2cncn2)=CC1N. The zero-order chi connectivity index (χ0) is 9.47. The summed E-state index contributed by atoms with van der Waals surface area (Å²) >= 11 is 0. The van der Waals surface area contributed by atoms with E-state index in [2.05, 4.69) is 30.0 Å². The second kappa shape index (κ2) is 2.67. The first-order valence-corrected chi connectivity index (χ1v) is 4.41. The molecule has 13 heavy (non-hydrogen) atoms. The molecule has 0 fully saturated rings. The van der Waals surface area contributed by atoms with Gasteiger partial charge >= 0.3 is 0 Å². The summed E-state index contributed by atoms with van der Waals surface area (Å²) in [4.78, 5) is 3.91. The van der Waals surface area contributed by atoms with E-state index in [-0.39, 0.29) is 11.5 Å². The van der Waals surface area contributed by atoms with Gasteiger partial charge in [-0.2, -0.15) is 5.10 Å². The molecule has 1 unspecified atom stereocenters. The van der Waals surface area contributed by atoms with Gasteiger partial charge in [-0.15, -0.1) is 0 Å². The lowest BCUT2D eigenvalue weighted by molar-refractivity contribution is 0.351. The zero-order valence-corrected chi connectivity index (χ0v) is 7.94. The highest BCUT2D eigenvalue weighted by atomic mass is 15.3. The molecule has 0 amide bonds. The van der Waals surface area contributed by atoms with Gasteiger partial charge in [-0.1, -0.05) is 13.8 Å². The lowest BCUT2D eigenvalue weighted by atomic mass is 9.87. The normalized spacial score (nSPS) is 26.1. The van der Waals surface area contributed by atoms with Gasteiger partial charge in [0.2, 0.25) is 0 Å². The summed E-state index contributed by atoms with van der Waals surface area (Å²) in [5.74, 6) is 0. The first-order valence-electron chi connectivity index (χ1n) is 4.41. The number of hydrogen-bond acceptors (Lipinski definition) is 3. The molecular weight excluding hydrogens is 164 g/mol. The molecule has 0 aromatic carbocycles. The van der Waals surface area contributed by atoms with Gasteiger partial charge in [-0.25, -0.2) is 9.67 Å². The number of allylic oxidation sites excluding steroid dienone is 1. The Balaban J connectivity index is 2.26. The molecule has 70 valence electrons. The monoisotopic (exact) mass is 178 g/mol. The lowest BCUT2D eigenvalue weighted by Gasteiger charge is -2.22. The van der Waals surface area contributed by atoms with E-state index >= 15 is 0 Å². The second-order valence-electron chi connectivity index (χ2n) is 4.19. The molecule has 1 heterocycles. The average molecular weight is 178 g/mol. The minimum Gasteiger partial charge on any atom is -0.324 e. The van der Waals surface area contributed by atoms with E-state index in [4.69, 9.17) is 5.73 Å². The second-order valence-corrected chi connectivity index (χ2v) is 4.19. The van der Waals surface area contributed by atoms with Crippen molar-refractivity contribution in [1.82, 2.24) is 14.8 Å². The first kappa shape index (κ1) is 8.44. The predicted molar refractivity (Wildman–Crippen MR) is 50.7 cm³/mol. The standard InChI is InChI=1S/C9H14N4/c1-9(2)4-7(3-8(9)10)13-6-11-5-12-13/h3,5-6,8H,4,10H2,1-2H3. The third kappa shape index (κ3) is 1.37. The minimum atomic E-state index is 0.117. The molecule has 1 atom stereocenters. The summed E-state index contributed by atoms with van der Waals surface area (Å²) in [6.07, 6.45) is 6.27. The molecule has 2 rings (SSSR count). The van der Waals surface area contributed by atoms with Crippen molar-refractivity contribution in [2.24, 2.45) is 11.1 Å². The fraction of sp³-hybridized carbons (Fsp3) is 0.556. The molecule has 0 saturated carbocycles. The van der Waals surface area contributed by atoms with E-state index in [0.29, 0.717) is 0 Å². The Bertz CT molecular complexity index is 323. The van der Waals surface area contributed by atoms with Crippen molar-refractivity contribution in [2.45, 2.75) is 26.3 Å². The molecular formula is C9H14N4. The Kier molecular flexibility index (Phi) is 1.73. The van der Waals surface area contributed by atoms with Crippen molar-refractivity contribution in [3.05, 3.63) is 18.7 Å². The van der Waals surface area contributed by atoms with E-state index in [9.17, 15) is 0 Å². The molecule has 0 spiro atoms. The highest BCUT2D eigenvalue weighted by Crippen LogP contribution is 2.37. The predicted octanol–water partition coefficient (Wildman–Crippen LogP) is 0.876. The van der Waals surface area contributed by atoms with E-state index in [1.165, 1.54) is 6.33 Å². The van der Waals surface area contributed by atoms with Crippen molar-refractivity contribution in [3.63, 3.8) is 0 Å². The number of nitrogens with two attached hydrogens (primary N) is 1. The molecule has 0 radical (unpaired) electrons. The minimum absolute atomic E-state index is 0.117. The fourth-order valence-electron chi connectivity index (χ4n) is 1.59. The van der Waals surface area contributed by atoms with E-state index < -0.39 is 0 Å². The van der Waals surface area contributed by atoms with Gasteiger partial charge in [0, 0.05) is 11.7 Å². The van der Waals surface area contributed by atoms with Crippen LogP contribution in [0.4, 0.5) is 0 Å². The van der Waals surface area contributed by atoms with Gasteiger partial charge in [0.05, 0.1) is 0 Å². The largest absolute Gasteiger partial charge is 0.324 e. The fourth-order valence-corrected chi connectivity index (χ4v) is 1.59. The van der Waals surface area contributed by atoms with Crippen molar-refractivity contribution in [3.8, 4) is 0 Å². The summed E-state index contributed by atoms with van der Waals surface area (Å²) < 4.78 is 1.79. The molecule has 0 saturated heterocycles. The Morgan fingerprint density at radius 3 is 2.85 bits per heavy atom. The van der Waals surface area contributed by atoms with E-state index in [1.807, 2.05) is 0 Å². The van der Waals surface area contributed by atoms with Gasteiger partial charge in [0.1, 0.15) is 12.7 Å². The van der Waals surface area contributed by atoms with E-state index in [1.54, 1.807) is 11.0 Å². The smallest absolute Gasteiger partial charge is 0.138 e.